The van der Waals surface area contributed by atoms with Crippen molar-refractivity contribution in [3.63, 3.8) is 0 Å². The molecule has 0 saturated heterocycles. The van der Waals surface area contributed by atoms with Crippen molar-refractivity contribution < 1.29 is 13.2 Å². The monoisotopic (exact) mass is 175 g/mol. The van der Waals surface area contributed by atoms with Crippen molar-refractivity contribution in [3.8, 4) is 0 Å². The van der Waals surface area contributed by atoms with Crippen molar-refractivity contribution in [1.29, 1.82) is 0 Å². The van der Waals surface area contributed by atoms with E-state index in [0.29, 0.717) is 6.54 Å². The Morgan fingerprint density at radius 2 is 2.18 bits per heavy atom. The number of sulfonamides is 1. The maximum absolute atomic E-state index is 10.9. The quantitative estimate of drug-likeness (QED) is 0.580. The van der Waals surface area contributed by atoms with Crippen LogP contribution in [-0.2, 0) is 14.8 Å². The molecule has 62 valence electrons. The van der Waals surface area contributed by atoms with Gasteiger partial charge in [-0.15, -0.1) is 0 Å². The van der Waals surface area contributed by atoms with E-state index in [-0.39, 0.29) is 11.5 Å². The zero-order valence-electron chi connectivity index (χ0n) is 6.36. The van der Waals surface area contributed by atoms with Gasteiger partial charge in [-0.05, 0) is 6.08 Å². The van der Waals surface area contributed by atoms with Crippen LogP contribution in [0.2, 0.25) is 0 Å². The lowest BCUT2D eigenvalue weighted by Gasteiger charge is -2.29. The first-order chi connectivity index (χ1) is 4.93. The Hall–Kier alpha value is -0.840. The first-order valence-corrected chi connectivity index (χ1v) is 4.96. The van der Waals surface area contributed by atoms with Gasteiger partial charge in [-0.25, -0.2) is 8.42 Å². The summed E-state index contributed by atoms with van der Waals surface area (Å²) in [5.41, 5.74) is 0.285. The second-order valence-corrected chi connectivity index (χ2v) is 4.35. The van der Waals surface area contributed by atoms with Gasteiger partial charge < -0.3 is 0 Å². The summed E-state index contributed by atoms with van der Waals surface area (Å²) in [7, 11) is -3.22. The van der Waals surface area contributed by atoms with Crippen LogP contribution in [0.1, 0.15) is 6.92 Å². The first-order valence-electron chi connectivity index (χ1n) is 3.12. The van der Waals surface area contributed by atoms with Crippen LogP contribution in [0.25, 0.3) is 0 Å². The van der Waals surface area contributed by atoms with Gasteiger partial charge in [-0.3, -0.25) is 9.10 Å². The molecule has 0 saturated carbocycles. The summed E-state index contributed by atoms with van der Waals surface area (Å²) in [6.07, 6.45) is 2.69. The van der Waals surface area contributed by atoms with E-state index in [1.165, 1.54) is 6.92 Å². The molecule has 0 fully saturated rings. The number of hydrogen-bond donors (Lipinski definition) is 0. The van der Waals surface area contributed by atoms with Gasteiger partial charge in [-0.1, -0.05) is 0 Å². The highest BCUT2D eigenvalue weighted by Gasteiger charge is 2.27. The van der Waals surface area contributed by atoms with Crippen LogP contribution < -0.4 is 0 Å². The maximum atomic E-state index is 10.9. The summed E-state index contributed by atoms with van der Waals surface area (Å²) < 4.78 is 22.8. The minimum Gasteiger partial charge on any atom is -0.293 e. The fraction of sp³-hybridized carbons (Fsp3) is 0.500. The number of allylic oxidation sites excluding steroid dienone is 1. The number of hydrogen-bond acceptors (Lipinski definition) is 3. The highest BCUT2D eigenvalue weighted by atomic mass is 32.2. The van der Waals surface area contributed by atoms with Crippen molar-refractivity contribution in [1.82, 2.24) is 4.31 Å². The third-order valence-electron chi connectivity index (χ3n) is 1.48. The lowest BCUT2D eigenvalue weighted by molar-refractivity contribution is -0.114. The van der Waals surface area contributed by atoms with Crippen LogP contribution in [-0.4, -0.2) is 31.3 Å². The van der Waals surface area contributed by atoms with Crippen LogP contribution in [0.5, 0.6) is 0 Å². The van der Waals surface area contributed by atoms with Gasteiger partial charge in [0.05, 0.1) is 18.5 Å². The maximum Gasteiger partial charge on any atom is 0.232 e. The molecule has 0 amide bonds. The molecular formula is C6H9NO3S. The second kappa shape index (κ2) is 2.34. The number of ketones is 1. The molecule has 1 aliphatic rings. The molecule has 0 aromatic heterocycles. The third-order valence-corrected chi connectivity index (χ3v) is 2.63. The Balaban J connectivity index is 2.87. The van der Waals surface area contributed by atoms with Crippen LogP contribution in [0.4, 0.5) is 0 Å². The van der Waals surface area contributed by atoms with Crippen LogP contribution in [0.3, 0.4) is 0 Å². The van der Waals surface area contributed by atoms with E-state index in [4.69, 9.17) is 0 Å². The fourth-order valence-corrected chi connectivity index (χ4v) is 1.80. The van der Waals surface area contributed by atoms with E-state index >= 15 is 0 Å². The number of Topliss-reactive ketones (excluding diaryl/α,β-unsaturated/α-hetero) is 1. The average molecular weight is 175 g/mol. The standard InChI is InChI=1S/C6H9NO3S/c1-5(8)6-3-4-7(6)11(2,9)10/h3H,4H2,1-2H3. The molecule has 0 N–H and O–H groups in total. The molecule has 0 aromatic rings. The molecule has 1 rings (SSSR count). The predicted octanol–water partition coefficient (Wildman–Crippen LogP) is -0.266. The minimum atomic E-state index is -3.22. The van der Waals surface area contributed by atoms with E-state index in [9.17, 15) is 13.2 Å². The molecule has 0 bridgehead atoms. The van der Waals surface area contributed by atoms with Crippen molar-refractivity contribution in [2.24, 2.45) is 0 Å². The molecule has 0 unspecified atom stereocenters. The average Bonchev–Trinajstić information content (AvgIpc) is 1.51. The fourth-order valence-electron chi connectivity index (χ4n) is 0.890. The summed E-state index contributed by atoms with van der Waals surface area (Å²) in [6, 6.07) is 0. The normalized spacial score (nSPS) is 17.3. The largest absolute Gasteiger partial charge is 0.293 e. The molecule has 1 heterocycles. The molecule has 0 aliphatic carbocycles. The van der Waals surface area contributed by atoms with E-state index in [1.54, 1.807) is 6.08 Å². The zero-order chi connectivity index (χ0) is 8.65. The van der Waals surface area contributed by atoms with Crippen molar-refractivity contribution in [3.05, 3.63) is 11.8 Å². The summed E-state index contributed by atoms with van der Waals surface area (Å²) >= 11 is 0. The molecule has 0 radical (unpaired) electrons. The van der Waals surface area contributed by atoms with Gasteiger partial charge in [-0.2, -0.15) is 0 Å². The van der Waals surface area contributed by atoms with Crippen molar-refractivity contribution >= 4 is 15.8 Å². The van der Waals surface area contributed by atoms with Crippen molar-refractivity contribution in [2.45, 2.75) is 6.92 Å². The number of rotatable bonds is 2. The number of carbonyl (C=O) groups excluding carboxylic acids is 1. The Morgan fingerprint density at radius 3 is 2.27 bits per heavy atom. The summed E-state index contributed by atoms with van der Waals surface area (Å²) in [4.78, 5) is 10.7. The summed E-state index contributed by atoms with van der Waals surface area (Å²) in [5.74, 6) is -0.207. The molecule has 0 atom stereocenters. The Bertz CT molecular complexity index is 315. The SMILES string of the molecule is CC(=O)C1=CCN1S(C)(=O)=O. The van der Waals surface area contributed by atoms with Crippen LogP contribution in [0.15, 0.2) is 11.8 Å². The van der Waals surface area contributed by atoms with Crippen LogP contribution >= 0.6 is 0 Å². The Labute approximate surface area is 65.6 Å². The molecule has 4 nitrogen and oxygen atoms in total. The summed E-state index contributed by atoms with van der Waals surface area (Å²) in [6.45, 7) is 1.68. The van der Waals surface area contributed by atoms with Gasteiger partial charge in [0.15, 0.2) is 5.78 Å². The van der Waals surface area contributed by atoms with Crippen LogP contribution in [0, 0.1) is 0 Å². The van der Waals surface area contributed by atoms with Gasteiger partial charge >= 0.3 is 0 Å². The Morgan fingerprint density at radius 1 is 1.64 bits per heavy atom. The highest BCUT2D eigenvalue weighted by molar-refractivity contribution is 7.88. The number of carbonyl (C=O) groups is 1. The molecule has 11 heavy (non-hydrogen) atoms. The van der Waals surface area contributed by atoms with Gasteiger partial charge in [0.2, 0.25) is 10.0 Å². The van der Waals surface area contributed by atoms with Gasteiger partial charge in [0.1, 0.15) is 0 Å². The molecule has 1 aliphatic heterocycles. The smallest absolute Gasteiger partial charge is 0.232 e. The Kier molecular flexibility index (Phi) is 1.75. The molecule has 5 heteroatoms. The third kappa shape index (κ3) is 1.42. The molecular weight excluding hydrogens is 166 g/mol. The molecule has 0 spiro atoms. The highest BCUT2D eigenvalue weighted by Crippen LogP contribution is 2.18. The van der Waals surface area contributed by atoms with E-state index in [1.807, 2.05) is 0 Å². The zero-order valence-corrected chi connectivity index (χ0v) is 7.18. The minimum absolute atomic E-state index is 0.207. The topological polar surface area (TPSA) is 54.5 Å². The van der Waals surface area contributed by atoms with Gasteiger partial charge in [0, 0.05) is 6.92 Å². The lowest BCUT2D eigenvalue weighted by atomic mass is 10.2. The van der Waals surface area contributed by atoms with E-state index < -0.39 is 10.0 Å². The number of nitrogens with zero attached hydrogens (tertiary/aromatic N) is 1. The molecule has 0 aromatic carbocycles. The lowest BCUT2D eigenvalue weighted by Crippen LogP contribution is -2.39. The predicted molar refractivity (Wildman–Crippen MR) is 40.3 cm³/mol. The van der Waals surface area contributed by atoms with Gasteiger partial charge in [0.25, 0.3) is 0 Å². The van der Waals surface area contributed by atoms with E-state index in [0.717, 1.165) is 10.6 Å². The second-order valence-electron chi connectivity index (χ2n) is 2.44. The van der Waals surface area contributed by atoms with E-state index in [2.05, 4.69) is 0 Å². The van der Waals surface area contributed by atoms with Crippen molar-refractivity contribution in [2.75, 3.05) is 12.8 Å². The first kappa shape index (κ1) is 8.26. The summed E-state index contributed by atoms with van der Waals surface area (Å²) in [5, 5.41) is 0.